The van der Waals surface area contributed by atoms with Crippen molar-refractivity contribution in [2.24, 2.45) is 0 Å². The van der Waals surface area contributed by atoms with Crippen LogP contribution in [0.2, 0.25) is 0 Å². The Morgan fingerprint density at radius 3 is 0.857 bits per heavy atom. The zero-order chi connectivity index (χ0) is 28.7. The lowest BCUT2D eigenvalue weighted by Crippen LogP contribution is -2.61. The van der Waals surface area contributed by atoms with Crippen molar-refractivity contribution >= 4 is 0 Å². The van der Waals surface area contributed by atoms with Crippen LogP contribution in [-0.4, -0.2) is 47.9 Å². The number of halogens is 18. The maximum Gasteiger partial charge on any atom is 0.460 e. The van der Waals surface area contributed by atoms with Gasteiger partial charge in [0, 0.05) is 11.1 Å². The van der Waals surface area contributed by atoms with E-state index < -0.39 is 84.4 Å². The van der Waals surface area contributed by atoms with E-state index in [-0.39, 0.29) is 0 Å². The van der Waals surface area contributed by atoms with Gasteiger partial charge in [-0.2, -0.15) is 79.0 Å². The van der Waals surface area contributed by atoms with Crippen molar-refractivity contribution in [3.05, 3.63) is 23.7 Å². The molecule has 0 heterocycles. The molecule has 0 amide bonds. The van der Waals surface area contributed by atoms with Crippen molar-refractivity contribution in [1.82, 2.24) is 0 Å². The van der Waals surface area contributed by atoms with Gasteiger partial charge in [-0.15, -0.1) is 0 Å². The summed E-state index contributed by atoms with van der Waals surface area (Å²) >= 11 is 0. The molecule has 0 bridgehead atoms. The van der Waals surface area contributed by atoms with Crippen LogP contribution in [0.5, 0.6) is 0 Å². The number of allylic oxidation sites excluding steroid dienone is 2. The van der Waals surface area contributed by atoms with E-state index in [4.69, 9.17) is 0 Å². The lowest BCUT2D eigenvalue weighted by Gasteiger charge is -2.35. The van der Waals surface area contributed by atoms with Crippen LogP contribution in [0.15, 0.2) is 23.7 Å². The van der Waals surface area contributed by atoms with Crippen molar-refractivity contribution in [2.75, 3.05) is 0 Å². The van der Waals surface area contributed by atoms with Gasteiger partial charge in [-0.05, 0) is 12.8 Å². The Morgan fingerprint density at radius 2 is 0.686 bits per heavy atom. The minimum atomic E-state index is -7.36. The lowest BCUT2D eigenvalue weighted by molar-refractivity contribution is -0.390. The summed E-state index contributed by atoms with van der Waals surface area (Å²) in [6.07, 6.45) is -19.2. The molecular weight excluding hydrogens is 550 g/mol. The molecule has 0 radical (unpaired) electrons. The second kappa shape index (κ2) is 9.48. The molecule has 1 nitrogen and oxygen atoms in total. The normalized spacial score (nSPS) is 16.6. The van der Waals surface area contributed by atoms with Gasteiger partial charge < -0.3 is 4.74 Å². The first-order valence-corrected chi connectivity index (χ1v) is 8.57. The fourth-order valence-corrected chi connectivity index (χ4v) is 2.11. The van der Waals surface area contributed by atoms with Gasteiger partial charge in [-0.1, -0.05) is 13.8 Å². The molecule has 0 aromatic carbocycles. The molecule has 0 aliphatic rings. The van der Waals surface area contributed by atoms with Gasteiger partial charge in [0.05, 0.1) is 12.5 Å². The van der Waals surface area contributed by atoms with Crippen molar-refractivity contribution in [3.8, 4) is 0 Å². The second-order valence-electron chi connectivity index (χ2n) is 6.57. The van der Waals surface area contributed by atoms with Crippen LogP contribution < -0.4 is 0 Å². The van der Waals surface area contributed by atoms with Crippen molar-refractivity contribution in [2.45, 2.75) is 74.6 Å². The molecule has 0 unspecified atom stereocenters. The van der Waals surface area contributed by atoms with E-state index in [1.807, 2.05) is 0 Å². The fourth-order valence-electron chi connectivity index (χ4n) is 2.11. The van der Waals surface area contributed by atoms with Crippen LogP contribution >= 0.6 is 0 Å². The number of hydrogen-bond donors (Lipinski definition) is 0. The summed E-state index contributed by atoms with van der Waals surface area (Å²) in [4.78, 5) is 0. The van der Waals surface area contributed by atoms with E-state index >= 15 is 0 Å². The predicted octanol–water partition coefficient (Wildman–Crippen LogP) is 8.53. The van der Waals surface area contributed by atoms with Crippen LogP contribution in [-0.2, 0) is 4.74 Å². The standard InChI is InChI=1S/C16H12F18O/c1-3-7(9(17,18)11(21,22)13(25,26)15(29,30)31)5-35-6-8(4-2)10(19,20)12(23,24)14(27,28)16(32,33)34/h5-6H,3-4H2,1-2H3. The molecular formula is C16H12F18O. The first-order chi connectivity index (χ1) is 15.1. The summed E-state index contributed by atoms with van der Waals surface area (Å²) in [5.74, 6) is -42.0. The van der Waals surface area contributed by atoms with Crippen LogP contribution in [0, 0.1) is 0 Å². The predicted molar refractivity (Wildman–Crippen MR) is 79.6 cm³/mol. The Balaban J connectivity index is 6.41. The van der Waals surface area contributed by atoms with Gasteiger partial charge in [-0.25, -0.2) is 0 Å². The third-order valence-electron chi connectivity index (χ3n) is 4.28. The van der Waals surface area contributed by atoms with E-state index in [0.717, 1.165) is 0 Å². The van der Waals surface area contributed by atoms with Crippen LogP contribution in [0.3, 0.4) is 0 Å². The maximum atomic E-state index is 13.8. The largest absolute Gasteiger partial charge is 0.472 e. The highest BCUT2D eigenvalue weighted by atomic mass is 19.4. The monoisotopic (exact) mass is 562 g/mol. The Labute approximate surface area is 183 Å². The van der Waals surface area contributed by atoms with Gasteiger partial charge in [0.1, 0.15) is 0 Å². The molecule has 0 atom stereocenters. The van der Waals surface area contributed by atoms with Gasteiger partial charge >= 0.3 is 47.9 Å². The smallest absolute Gasteiger partial charge is 0.460 e. The molecule has 0 N–H and O–H groups in total. The molecule has 0 saturated carbocycles. The third-order valence-corrected chi connectivity index (χ3v) is 4.28. The quantitative estimate of drug-likeness (QED) is 0.192. The topological polar surface area (TPSA) is 9.23 Å². The molecule has 0 aliphatic carbocycles. The van der Waals surface area contributed by atoms with Gasteiger partial charge in [0.15, 0.2) is 0 Å². The molecule has 0 rings (SSSR count). The number of alkyl halides is 18. The highest BCUT2D eigenvalue weighted by Gasteiger charge is 2.83. The minimum absolute atomic E-state index is 0.433. The minimum Gasteiger partial charge on any atom is -0.472 e. The summed E-state index contributed by atoms with van der Waals surface area (Å²) < 4.78 is 237. The molecule has 0 fully saturated rings. The van der Waals surface area contributed by atoms with Crippen LogP contribution in [0.4, 0.5) is 79.0 Å². The SMILES string of the molecule is CCC(=COC=C(CC)C(F)(F)C(F)(F)C(F)(F)C(F)(F)F)C(F)(F)C(F)(F)C(F)(F)C(F)(F)F. The molecule has 0 saturated heterocycles. The number of ether oxygens (including phenoxy) is 1. The van der Waals surface area contributed by atoms with E-state index in [1.165, 1.54) is 0 Å². The Morgan fingerprint density at radius 1 is 0.457 bits per heavy atom. The van der Waals surface area contributed by atoms with Crippen molar-refractivity contribution in [1.29, 1.82) is 0 Å². The van der Waals surface area contributed by atoms with E-state index in [9.17, 15) is 79.0 Å². The average molecular weight is 562 g/mol. The summed E-state index contributed by atoms with van der Waals surface area (Å²) in [5.41, 5.74) is -4.90. The first-order valence-electron chi connectivity index (χ1n) is 8.57. The summed E-state index contributed by atoms with van der Waals surface area (Å²) in [5, 5.41) is 0. The lowest BCUT2D eigenvalue weighted by atomic mass is 9.95. The van der Waals surface area contributed by atoms with E-state index in [1.54, 1.807) is 0 Å². The molecule has 19 heteroatoms. The Kier molecular flexibility index (Phi) is 8.94. The van der Waals surface area contributed by atoms with Crippen LogP contribution in [0.25, 0.3) is 0 Å². The van der Waals surface area contributed by atoms with Gasteiger partial charge in [0.25, 0.3) is 0 Å². The van der Waals surface area contributed by atoms with Crippen molar-refractivity contribution < 1.29 is 83.8 Å². The van der Waals surface area contributed by atoms with E-state index in [0.29, 0.717) is 13.8 Å². The molecule has 0 spiro atoms. The van der Waals surface area contributed by atoms with Crippen LogP contribution in [0.1, 0.15) is 26.7 Å². The highest BCUT2D eigenvalue weighted by Crippen LogP contribution is 2.57. The molecule has 35 heavy (non-hydrogen) atoms. The molecule has 0 aliphatic heterocycles. The second-order valence-corrected chi connectivity index (χ2v) is 6.57. The van der Waals surface area contributed by atoms with Crippen molar-refractivity contribution in [3.63, 3.8) is 0 Å². The maximum absolute atomic E-state index is 13.8. The summed E-state index contributed by atoms with van der Waals surface area (Å²) in [6, 6.07) is 0. The molecule has 0 aromatic heterocycles. The van der Waals surface area contributed by atoms with E-state index in [2.05, 4.69) is 4.74 Å². The van der Waals surface area contributed by atoms with Gasteiger partial charge in [0.2, 0.25) is 0 Å². The number of hydrogen-bond acceptors (Lipinski definition) is 1. The summed E-state index contributed by atoms with van der Waals surface area (Å²) in [6.45, 7) is 0.865. The number of rotatable bonds is 10. The van der Waals surface area contributed by atoms with Gasteiger partial charge in [-0.3, -0.25) is 0 Å². The fraction of sp³-hybridized carbons (Fsp3) is 0.750. The molecule has 208 valence electrons. The zero-order valence-electron chi connectivity index (χ0n) is 16.8. The molecule has 0 aromatic rings. The highest BCUT2D eigenvalue weighted by molar-refractivity contribution is 5.22. The Bertz CT molecular complexity index is 732. The summed E-state index contributed by atoms with van der Waals surface area (Å²) in [7, 11) is 0. The first kappa shape index (κ1) is 33.0. The third kappa shape index (κ3) is 5.27. The Hall–Kier alpha value is -1.98. The zero-order valence-corrected chi connectivity index (χ0v) is 16.8. The average Bonchev–Trinajstić information content (AvgIpc) is 2.65.